The summed E-state index contributed by atoms with van der Waals surface area (Å²) in [5.41, 5.74) is 10.3. The van der Waals surface area contributed by atoms with Gasteiger partial charge in [-0.1, -0.05) is 29.3 Å². The molecule has 2 saturated heterocycles. The molecule has 21 heavy (non-hydrogen) atoms. The highest BCUT2D eigenvalue weighted by atomic mass is 15.3. The lowest BCUT2D eigenvalue weighted by Gasteiger charge is -2.32. The van der Waals surface area contributed by atoms with Gasteiger partial charge in [-0.15, -0.1) is 0 Å². The van der Waals surface area contributed by atoms with E-state index in [1.165, 1.54) is 62.1 Å². The normalized spacial score (nSPS) is 25.6. The van der Waals surface area contributed by atoms with E-state index in [0.29, 0.717) is 6.04 Å². The van der Waals surface area contributed by atoms with Crippen LogP contribution >= 0.6 is 0 Å². The van der Waals surface area contributed by atoms with E-state index in [1.54, 1.807) is 0 Å². The van der Waals surface area contributed by atoms with Crippen LogP contribution in [-0.2, 0) is 0 Å². The summed E-state index contributed by atoms with van der Waals surface area (Å²) in [7, 11) is 0. The van der Waals surface area contributed by atoms with E-state index in [2.05, 4.69) is 41.8 Å². The smallest absolute Gasteiger partial charge is 0.0471 e. The number of aryl methyl sites for hydroxylation is 2. The zero-order valence-electron chi connectivity index (χ0n) is 13.5. The van der Waals surface area contributed by atoms with Crippen molar-refractivity contribution < 1.29 is 0 Å². The summed E-state index contributed by atoms with van der Waals surface area (Å²) in [6.07, 6.45) is 4.01. The molecule has 0 amide bonds. The molecule has 2 N–H and O–H groups in total. The average molecular weight is 287 g/mol. The van der Waals surface area contributed by atoms with Crippen molar-refractivity contribution in [2.75, 3.05) is 32.7 Å². The first kappa shape index (κ1) is 15.0. The van der Waals surface area contributed by atoms with E-state index in [1.807, 2.05) is 0 Å². The first-order chi connectivity index (χ1) is 10.2. The summed E-state index contributed by atoms with van der Waals surface area (Å²) in [5.74, 6) is 0. The quantitative estimate of drug-likeness (QED) is 0.927. The number of hydrogen-bond acceptors (Lipinski definition) is 3. The minimum absolute atomic E-state index is 0.379. The molecule has 0 spiro atoms. The molecule has 2 heterocycles. The highest BCUT2D eigenvalue weighted by Crippen LogP contribution is 2.28. The average Bonchev–Trinajstić information content (AvgIpc) is 2.77. The van der Waals surface area contributed by atoms with Crippen LogP contribution in [0.3, 0.4) is 0 Å². The van der Waals surface area contributed by atoms with Crippen molar-refractivity contribution in [1.82, 2.24) is 9.80 Å². The summed E-state index contributed by atoms with van der Waals surface area (Å²) in [4.78, 5) is 5.33. The summed E-state index contributed by atoms with van der Waals surface area (Å²) in [6.45, 7) is 10.0. The van der Waals surface area contributed by atoms with Gasteiger partial charge >= 0.3 is 0 Å². The number of nitrogens with zero attached hydrogens (tertiary/aromatic N) is 2. The van der Waals surface area contributed by atoms with Crippen LogP contribution in [0.1, 0.15) is 42.0 Å². The summed E-state index contributed by atoms with van der Waals surface area (Å²) < 4.78 is 0. The molecule has 0 radical (unpaired) electrons. The van der Waals surface area contributed by atoms with Crippen LogP contribution in [-0.4, -0.2) is 48.6 Å². The second-order valence-corrected chi connectivity index (χ2v) is 6.85. The topological polar surface area (TPSA) is 32.5 Å². The maximum Gasteiger partial charge on any atom is 0.0471 e. The number of benzene rings is 1. The number of rotatable bonds is 3. The van der Waals surface area contributed by atoms with Gasteiger partial charge in [-0.3, -0.25) is 9.80 Å². The van der Waals surface area contributed by atoms with Gasteiger partial charge in [-0.2, -0.15) is 0 Å². The van der Waals surface area contributed by atoms with Crippen LogP contribution in [0.15, 0.2) is 18.2 Å². The van der Waals surface area contributed by atoms with Crippen LogP contribution in [0.4, 0.5) is 0 Å². The standard InChI is InChI=1S/C18H29N3/c1-14-9-15(2)11-16(10-14)18(12-19)21-8-4-7-20-6-3-5-17(20)13-21/h9-11,17-18H,3-8,12-13,19H2,1-2H3. The summed E-state index contributed by atoms with van der Waals surface area (Å²) >= 11 is 0. The molecule has 2 unspecified atom stereocenters. The van der Waals surface area contributed by atoms with Crippen molar-refractivity contribution in [3.05, 3.63) is 34.9 Å². The Bertz CT molecular complexity index is 465. The van der Waals surface area contributed by atoms with Crippen molar-refractivity contribution >= 4 is 0 Å². The van der Waals surface area contributed by atoms with Crippen LogP contribution in [0, 0.1) is 13.8 Å². The predicted octanol–water partition coefficient (Wildman–Crippen LogP) is 2.47. The fourth-order valence-corrected chi connectivity index (χ4v) is 4.22. The fraction of sp³-hybridized carbons (Fsp3) is 0.667. The molecule has 2 fully saturated rings. The lowest BCUT2D eigenvalue weighted by Crippen LogP contribution is -2.40. The van der Waals surface area contributed by atoms with Crippen molar-refractivity contribution in [2.24, 2.45) is 5.73 Å². The third-order valence-corrected chi connectivity index (χ3v) is 5.13. The van der Waals surface area contributed by atoms with Crippen LogP contribution < -0.4 is 5.73 Å². The van der Waals surface area contributed by atoms with E-state index in [-0.39, 0.29) is 0 Å². The largest absolute Gasteiger partial charge is 0.329 e. The SMILES string of the molecule is Cc1cc(C)cc(C(CN)N2CCCN3CCCC3C2)c1. The number of fused-ring (bicyclic) bond motifs is 1. The van der Waals surface area contributed by atoms with Gasteiger partial charge in [0.05, 0.1) is 0 Å². The molecule has 0 bridgehead atoms. The minimum atomic E-state index is 0.379. The molecule has 2 aliphatic rings. The highest BCUT2D eigenvalue weighted by molar-refractivity contribution is 5.31. The molecular formula is C18H29N3. The van der Waals surface area contributed by atoms with Crippen LogP contribution in [0.5, 0.6) is 0 Å². The van der Waals surface area contributed by atoms with Crippen molar-refractivity contribution in [3.8, 4) is 0 Å². The first-order valence-corrected chi connectivity index (χ1v) is 8.44. The van der Waals surface area contributed by atoms with Gasteiger partial charge in [0, 0.05) is 31.7 Å². The molecule has 0 aliphatic carbocycles. The Morgan fingerprint density at radius 3 is 2.52 bits per heavy atom. The Kier molecular flexibility index (Phi) is 4.63. The number of hydrogen-bond donors (Lipinski definition) is 1. The Labute approximate surface area is 129 Å². The second kappa shape index (κ2) is 6.47. The molecule has 116 valence electrons. The molecule has 3 nitrogen and oxygen atoms in total. The lowest BCUT2D eigenvalue weighted by molar-refractivity contribution is 0.176. The van der Waals surface area contributed by atoms with Gasteiger partial charge in [-0.25, -0.2) is 0 Å². The molecule has 2 aliphatic heterocycles. The van der Waals surface area contributed by atoms with Crippen molar-refractivity contribution in [1.29, 1.82) is 0 Å². The molecule has 1 aromatic rings. The molecule has 3 rings (SSSR count). The third-order valence-electron chi connectivity index (χ3n) is 5.13. The van der Waals surface area contributed by atoms with Crippen molar-refractivity contribution in [2.45, 2.75) is 45.2 Å². The minimum Gasteiger partial charge on any atom is -0.329 e. The Morgan fingerprint density at radius 2 is 1.81 bits per heavy atom. The monoisotopic (exact) mass is 287 g/mol. The van der Waals surface area contributed by atoms with Gasteiger partial charge in [0.15, 0.2) is 0 Å². The predicted molar refractivity (Wildman–Crippen MR) is 88.5 cm³/mol. The first-order valence-electron chi connectivity index (χ1n) is 8.44. The number of nitrogens with two attached hydrogens (primary N) is 1. The maximum atomic E-state index is 6.17. The molecule has 3 heteroatoms. The highest BCUT2D eigenvalue weighted by Gasteiger charge is 2.31. The Hall–Kier alpha value is -0.900. The molecule has 1 aromatic carbocycles. The van der Waals surface area contributed by atoms with E-state index < -0.39 is 0 Å². The van der Waals surface area contributed by atoms with E-state index in [9.17, 15) is 0 Å². The van der Waals surface area contributed by atoms with Crippen molar-refractivity contribution in [3.63, 3.8) is 0 Å². The molecular weight excluding hydrogens is 258 g/mol. The van der Waals surface area contributed by atoms with Crippen LogP contribution in [0.25, 0.3) is 0 Å². The van der Waals surface area contributed by atoms with Gasteiger partial charge in [0.2, 0.25) is 0 Å². The maximum absolute atomic E-state index is 6.17. The molecule has 2 atom stereocenters. The van der Waals surface area contributed by atoms with Gasteiger partial charge in [-0.05, 0) is 51.8 Å². The Balaban J connectivity index is 1.81. The zero-order valence-corrected chi connectivity index (χ0v) is 13.5. The van der Waals surface area contributed by atoms with Gasteiger partial charge in [0.1, 0.15) is 0 Å². The zero-order chi connectivity index (χ0) is 14.8. The summed E-state index contributed by atoms with van der Waals surface area (Å²) in [6, 6.07) is 8.03. The molecule has 0 aromatic heterocycles. The van der Waals surface area contributed by atoms with Gasteiger partial charge in [0.25, 0.3) is 0 Å². The van der Waals surface area contributed by atoms with E-state index in [4.69, 9.17) is 5.73 Å². The third kappa shape index (κ3) is 3.31. The fourth-order valence-electron chi connectivity index (χ4n) is 4.22. The molecule has 0 saturated carbocycles. The van der Waals surface area contributed by atoms with E-state index >= 15 is 0 Å². The van der Waals surface area contributed by atoms with E-state index in [0.717, 1.165) is 12.6 Å². The van der Waals surface area contributed by atoms with Gasteiger partial charge < -0.3 is 5.73 Å². The second-order valence-electron chi connectivity index (χ2n) is 6.85. The lowest BCUT2D eigenvalue weighted by atomic mass is 9.99. The Morgan fingerprint density at radius 1 is 1.10 bits per heavy atom. The summed E-state index contributed by atoms with van der Waals surface area (Å²) in [5, 5.41) is 0. The van der Waals surface area contributed by atoms with Crippen LogP contribution in [0.2, 0.25) is 0 Å².